The summed E-state index contributed by atoms with van der Waals surface area (Å²) in [6, 6.07) is 4.68. The maximum atomic E-state index is 12.3. The van der Waals surface area contributed by atoms with E-state index in [1.807, 2.05) is 0 Å². The minimum atomic E-state index is -1.09. The van der Waals surface area contributed by atoms with E-state index in [1.165, 1.54) is 23.2 Å². The van der Waals surface area contributed by atoms with Crippen molar-refractivity contribution in [2.24, 2.45) is 0 Å². The highest BCUT2D eigenvalue weighted by atomic mass is 16.4. The number of piperazine rings is 1. The molecule has 1 saturated heterocycles. The van der Waals surface area contributed by atoms with Crippen LogP contribution >= 0.6 is 0 Å². The summed E-state index contributed by atoms with van der Waals surface area (Å²) in [6.45, 7) is 2.15. The van der Waals surface area contributed by atoms with Gasteiger partial charge >= 0.3 is 5.97 Å². The lowest BCUT2D eigenvalue weighted by atomic mass is 10.2. The third-order valence-electron chi connectivity index (χ3n) is 4.07. The average Bonchev–Trinajstić information content (AvgIpc) is 3.31. The number of hydrogen-bond acceptors (Lipinski definition) is 5. The van der Waals surface area contributed by atoms with Crippen LogP contribution in [-0.2, 0) is 11.3 Å². The highest BCUT2D eigenvalue weighted by Gasteiger charge is 2.25. The quantitative estimate of drug-likeness (QED) is 0.847. The van der Waals surface area contributed by atoms with Crippen LogP contribution in [0.25, 0.3) is 0 Å². The molecule has 0 unspecified atom stereocenters. The number of aromatic carboxylic acids is 1. The molecular formula is C16H18N4O5. The van der Waals surface area contributed by atoms with Gasteiger partial charge in [-0.3, -0.25) is 14.3 Å². The number of aromatic nitrogens is 2. The minimum Gasteiger partial charge on any atom is -0.476 e. The zero-order valence-electron chi connectivity index (χ0n) is 13.5. The number of amides is 2. The lowest BCUT2D eigenvalue weighted by Crippen LogP contribution is -2.50. The van der Waals surface area contributed by atoms with Crippen molar-refractivity contribution in [1.29, 1.82) is 0 Å². The van der Waals surface area contributed by atoms with Crippen LogP contribution in [0.15, 0.2) is 35.1 Å². The zero-order valence-corrected chi connectivity index (χ0v) is 13.5. The van der Waals surface area contributed by atoms with Crippen LogP contribution < -0.4 is 0 Å². The van der Waals surface area contributed by atoms with Gasteiger partial charge in [0.25, 0.3) is 5.91 Å². The number of furan rings is 1. The van der Waals surface area contributed by atoms with Gasteiger partial charge in [-0.25, -0.2) is 4.79 Å². The van der Waals surface area contributed by atoms with E-state index in [0.29, 0.717) is 38.5 Å². The second-order valence-electron chi connectivity index (χ2n) is 5.67. The number of carbonyl (C=O) groups excluding carboxylic acids is 2. The van der Waals surface area contributed by atoms with Gasteiger partial charge in [-0.05, 0) is 18.2 Å². The van der Waals surface area contributed by atoms with Gasteiger partial charge in [-0.15, -0.1) is 0 Å². The first-order valence-electron chi connectivity index (χ1n) is 7.92. The maximum absolute atomic E-state index is 12.3. The molecule has 3 heterocycles. The standard InChI is InChI=1S/C16H18N4O5/c21-14(4-6-20-5-3-12(17-20)16(23)24)18-7-9-19(10-8-18)15(22)13-2-1-11-25-13/h1-3,5,11H,4,6-10H2,(H,23,24). The fourth-order valence-corrected chi connectivity index (χ4v) is 2.68. The highest BCUT2D eigenvalue weighted by Crippen LogP contribution is 2.10. The summed E-state index contributed by atoms with van der Waals surface area (Å²) in [5.74, 6) is -1.01. The van der Waals surface area contributed by atoms with E-state index in [4.69, 9.17) is 9.52 Å². The Kier molecular flexibility index (Phi) is 4.82. The van der Waals surface area contributed by atoms with Gasteiger partial charge in [0.2, 0.25) is 5.91 Å². The van der Waals surface area contributed by atoms with E-state index < -0.39 is 5.97 Å². The van der Waals surface area contributed by atoms with Gasteiger partial charge in [0, 0.05) is 45.3 Å². The number of carbonyl (C=O) groups is 3. The number of carboxylic acid groups (broad SMARTS) is 1. The van der Waals surface area contributed by atoms with Crippen LogP contribution in [0.3, 0.4) is 0 Å². The van der Waals surface area contributed by atoms with Gasteiger partial charge in [-0.2, -0.15) is 5.10 Å². The molecule has 2 amide bonds. The van der Waals surface area contributed by atoms with Crippen LogP contribution in [0.2, 0.25) is 0 Å². The molecule has 0 spiro atoms. The van der Waals surface area contributed by atoms with Crippen molar-refractivity contribution >= 4 is 17.8 Å². The Morgan fingerprint density at radius 2 is 1.84 bits per heavy atom. The molecule has 0 radical (unpaired) electrons. The number of hydrogen-bond donors (Lipinski definition) is 1. The summed E-state index contributed by atoms with van der Waals surface area (Å²) in [6.07, 6.45) is 3.22. The van der Waals surface area contributed by atoms with Gasteiger partial charge in [0.1, 0.15) is 0 Å². The summed E-state index contributed by atoms with van der Waals surface area (Å²) in [5.41, 5.74) is -0.0440. The molecule has 2 aromatic rings. The Hall–Kier alpha value is -3.10. The SMILES string of the molecule is O=C(O)c1ccn(CCC(=O)N2CCN(C(=O)c3ccco3)CC2)n1. The fraction of sp³-hybridized carbons (Fsp3) is 0.375. The Balaban J connectivity index is 1.46. The lowest BCUT2D eigenvalue weighted by molar-refractivity contribution is -0.132. The fourth-order valence-electron chi connectivity index (χ4n) is 2.68. The third-order valence-corrected chi connectivity index (χ3v) is 4.07. The molecule has 9 heteroatoms. The van der Waals surface area contributed by atoms with E-state index in [1.54, 1.807) is 21.9 Å². The maximum Gasteiger partial charge on any atom is 0.356 e. The number of rotatable bonds is 5. The Labute approximate surface area is 143 Å². The van der Waals surface area contributed by atoms with Crippen molar-refractivity contribution in [1.82, 2.24) is 19.6 Å². The summed E-state index contributed by atoms with van der Waals surface area (Å²) >= 11 is 0. The van der Waals surface area contributed by atoms with Gasteiger partial charge in [0.15, 0.2) is 11.5 Å². The molecule has 0 aromatic carbocycles. The molecule has 1 fully saturated rings. The number of carboxylic acids is 1. The molecule has 0 atom stereocenters. The third kappa shape index (κ3) is 3.87. The largest absolute Gasteiger partial charge is 0.476 e. The van der Waals surface area contributed by atoms with Crippen LogP contribution in [-0.4, -0.2) is 68.6 Å². The predicted octanol–water partition coefficient (Wildman–Crippen LogP) is 0.549. The Morgan fingerprint density at radius 3 is 2.44 bits per heavy atom. The lowest BCUT2D eigenvalue weighted by Gasteiger charge is -2.34. The van der Waals surface area contributed by atoms with Crippen LogP contribution in [0.4, 0.5) is 0 Å². The highest BCUT2D eigenvalue weighted by molar-refractivity contribution is 5.91. The zero-order chi connectivity index (χ0) is 17.8. The summed E-state index contributed by atoms with van der Waals surface area (Å²) in [5, 5.41) is 12.7. The first-order valence-corrected chi connectivity index (χ1v) is 7.92. The van der Waals surface area contributed by atoms with Crippen molar-refractivity contribution in [3.8, 4) is 0 Å². The number of nitrogens with zero attached hydrogens (tertiary/aromatic N) is 4. The summed E-state index contributed by atoms with van der Waals surface area (Å²) in [4.78, 5) is 38.6. The van der Waals surface area contributed by atoms with Gasteiger partial charge < -0.3 is 19.3 Å². The molecule has 2 aromatic heterocycles. The molecule has 0 saturated carbocycles. The topological polar surface area (TPSA) is 109 Å². The minimum absolute atomic E-state index is 0.0440. The molecule has 25 heavy (non-hydrogen) atoms. The van der Waals surface area contributed by atoms with E-state index in [-0.39, 0.29) is 23.9 Å². The Morgan fingerprint density at radius 1 is 1.12 bits per heavy atom. The molecule has 1 aliphatic rings. The van der Waals surface area contributed by atoms with E-state index in [9.17, 15) is 14.4 Å². The van der Waals surface area contributed by atoms with Crippen molar-refractivity contribution < 1.29 is 23.9 Å². The average molecular weight is 346 g/mol. The van der Waals surface area contributed by atoms with Crippen LogP contribution in [0, 0.1) is 0 Å². The molecule has 132 valence electrons. The van der Waals surface area contributed by atoms with E-state index in [0.717, 1.165) is 0 Å². The predicted molar refractivity (Wildman–Crippen MR) is 85.0 cm³/mol. The van der Waals surface area contributed by atoms with Crippen molar-refractivity contribution in [3.05, 3.63) is 42.1 Å². The van der Waals surface area contributed by atoms with Crippen molar-refractivity contribution in [2.75, 3.05) is 26.2 Å². The molecular weight excluding hydrogens is 328 g/mol. The van der Waals surface area contributed by atoms with Crippen molar-refractivity contribution in [3.63, 3.8) is 0 Å². The van der Waals surface area contributed by atoms with Gasteiger partial charge in [0.05, 0.1) is 6.26 Å². The first kappa shape index (κ1) is 16.7. The number of aryl methyl sites for hydroxylation is 1. The second kappa shape index (κ2) is 7.20. The monoisotopic (exact) mass is 346 g/mol. The van der Waals surface area contributed by atoms with E-state index in [2.05, 4.69) is 5.10 Å². The summed E-state index contributed by atoms with van der Waals surface area (Å²) in [7, 11) is 0. The second-order valence-corrected chi connectivity index (χ2v) is 5.67. The van der Waals surface area contributed by atoms with Gasteiger partial charge in [-0.1, -0.05) is 0 Å². The normalized spacial score (nSPS) is 14.6. The van der Waals surface area contributed by atoms with Crippen molar-refractivity contribution in [2.45, 2.75) is 13.0 Å². The van der Waals surface area contributed by atoms with Crippen LogP contribution in [0.1, 0.15) is 27.5 Å². The molecule has 3 rings (SSSR count). The Bertz CT molecular complexity index is 759. The molecule has 1 N–H and O–H groups in total. The molecule has 1 aliphatic heterocycles. The molecule has 0 bridgehead atoms. The molecule has 9 nitrogen and oxygen atoms in total. The van der Waals surface area contributed by atoms with E-state index >= 15 is 0 Å². The first-order chi connectivity index (χ1) is 12.0. The van der Waals surface area contributed by atoms with Crippen LogP contribution in [0.5, 0.6) is 0 Å². The smallest absolute Gasteiger partial charge is 0.356 e. The summed E-state index contributed by atoms with van der Waals surface area (Å²) < 4.78 is 6.55. The molecule has 0 aliphatic carbocycles.